The van der Waals surface area contributed by atoms with Gasteiger partial charge in [0.2, 0.25) is 0 Å². The van der Waals surface area contributed by atoms with Crippen LogP contribution in [0.2, 0.25) is 0 Å². The molecule has 4 aromatic rings. The van der Waals surface area contributed by atoms with Crippen LogP contribution in [0.4, 0.5) is 0 Å². The fourth-order valence-electron chi connectivity index (χ4n) is 3.15. The molecule has 4 rings (SSSR count). The second kappa shape index (κ2) is 7.48. The van der Waals surface area contributed by atoms with Crippen LogP contribution in [-0.4, -0.2) is 32.6 Å². The molecule has 0 bridgehead atoms. The molecule has 1 amide bonds. The molecular weight excluding hydrogens is 354 g/mol. The fourth-order valence-corrected chi connectivity index (χ4v) is 3.15. The van der Waals surface area contributed by atoms with Gasteiger partial charge in [0.05, 0.1) is 5.69 Å². The molecule has 0 atom stereocenters. The Balaban J connectivity index is 1.48. The number of H-pyrrole nitrogens is 2. The van der Waals surface area contributed by atoms with E-state index in [1.807, 2.05) is 19.2 Å². The number of fused-ring (bicyclic) bond motifs is 1. The van der Waals surface area contributed by atoms with E-state index in [4.69, 9.17) is 0 Å². The monoisotopic (exact) mass is 373 g/mol. The van der Waals surface area contributed by atoms with Gasteiger partial charge >= 0.3 is 0 Å². The van der Waals surface area contributed by atoms with E-state index in [1.165, 1.54) is 11.6 Å². The van der Waals surface area contributed by atoms with Crippen molar-refractivity contribution in [2.45, 2.75) is 13.3 Å². The Morgan fingerprint density at radius 2 is 1.96 bits per heavy atom. The molecule has 0 saturated heterocycles. The highest BCUT2D eigenvalue weighted by atomic mass is 16.2. The second-order valence-electron chi connectivity index (χ2n) is 6.60. The first-order valence-corrected chi connectivity index (χ1v) is 8.97. The number of benzene rings is 1. The minimum Gasteiger partial charge on any atom is -0.361 e. The molecule has 7 nitrogen and oxygen atoms in total. The molecule has 1 aromatic carbocycles. The van der Waals surface area contributed by atoms with Crippen molar-refractivity contribution in [1.82, 2.24) is 25.5 Å². The van der Waals surface area contributed by atoms with Gasteiger partial charge in [-0.05, 0) is 49.2 Å². The van der Waals surface area contributed by atoms with Crippen molar-refractivity contribution in [3.05, 3.63) is 82.0 Å². The Hall–Kier alpha value is -3.74. The molecule has 0 saturated carbocycles. The van der Waals surface area contributed by atoms with E-state index in [0.717, 1.165) is 22.0 Å². The maximum Gasteiger partial charge on any atom is 0.277 e. The van der Waals surface area contributed by atoms with Crippen LogP contribution in [0.15, 0.2) is 59.8 Å². The predicted octanol–water partition coefficient (Wildman–Crippen LogP) is 2.59. The highest BCUT2D eigenvalue weighted by Gasteiger charge is 2.13. The third kappa shape index (κ3) is 3.55. The number of hydrogen-bond donors (Lipinski definition) is 3. The van der Waals surface area contributed by atoms with Gasteiger partial charge in [-0.25, -0.2) is 5.10 Å². The zero-order valence-electron chi connectivity index (χ0n) is 15.3. The lowest BCUT2D eigenvalue weighted by Crippen LogP contribution is -2.31. The Labute approximate surface area is 160 Å². The summed E-state index contributed by atoms with van der Waals surface area (Å²) in [6.07, 6.45) is 5.88. The number of rotatable bonds is 5. The Morgan fingerprint density at radius 1 is 1.14 bits per heavy atom. The molecule has 140 valence electrons. The van der Waals surface area contributed by atoms with Crippen LogP contribution in [0.25, 0.3) is 22.2 Å². The summed E-state index contributed by atoms with van der Waals surface area (Å²) in [6, 6.07) is 11.3. The van der Waals surface area contributed by atoms with E-state index in [2.05, 4.69) is 37.6 Å². The first-order chi connectivity index (χ1) is 13.6. The van der Waals surface area contributed by atoms with Crippen molar-refractivity contribution in [2.75, 3.05) is 6.54 Å². The zero-order valence-corrected chi connectivity index (χ0v) is 15.3. The van der Waals surface area contributed by atoms with Gasteiger partial charge in [-0.2, -0.15) is 5.10 Å². The van der Waals surface area contributed by atoms with E-state index < -0.39 is 11.5 Å². The summed E-state index contributed by atoms with van der Waals surface area (Å²) < 4.78 is 0. The number of carbonyl (C=O) groups is 1. The molecule has 0 radical (unpaired) electrons. The number of nitrogens with one attached hydrogen (secondary N) is 3. The summed E-state index contributed by atoms with van der Waals surface area (Å²) in [4.78, 5) is 31.8. The number of nitrogens with zero attached hydrogens (tertiary/aromatic N) is 2. The van der Waals surface area contributed by atoms with Crippen molar-refractivity contribution in [3.63, 3.8) is 0 Å². The molecule has 0 aliphatic carbocycles. The number of hydrogen-bond acceptors (Lipinski definition) is 4. The van der Waals surface area contributed by atoms with Crippen LogP contribution >= 0.6 is 0 Å². The summed E-state index contributed by atoms with van der Waals surface area (Å²) >= 11 is 0. The molecule has 3 heterocycles. The maximum atomic E-state index is 12.5. The largest absolute Gasteiger partial charge is 0.361 e. The Bertz CT molecular complexity index is 1190. The quantitative estimate of drug-likeness (QED) is 0.500. The number of aromatic amines is 2. The summed E-state index contributed by atoms with van der Waals surface area (Å²) in [5, 5.41) is 10.4. The Kier molecular flexibility index (Phi) is 4.72. The molecule has 0 fully saturated rings. The van der Waals surface area contributed by atoms with Crippen LogP contribution in [0.5, 0.6) is 0 Å². The minimum absolute atomic E-state index is 0.0385. The van der Waals surface area contributed by atoms with Crippen molar-refractivity contribution in [1.29, 1.82) is 0 Å². The summed E-state index contributed by atoms with van der Waals surface area (Å²) in [5.41, 5.74) is 4.19. The summed E-state index contributed by atoms with van der Waals surface area (Å²) in [7, 11) is 0. The first-order valence-electron chi connectivity index (χ1n) is 8.97. The molecule has 3 N–H and O–H groups in total. The van der Waals surface area contributed by atoms with Gasteiger partial charge < -0.3 is 10.3 Å². The number of amides is 1. The molecule has 7 heteroatoms. The van der Waals surface area contributed by atoms with Gasteiger partial charge in [0.25, 0.3) is 11.5 Å². The highest BCUT2D eigenvalue weighted by Crippen LogP contribution is 2.20. The van der Waals surface area contributed by atoms with Gasteiger partial charge in [-0.15, -0.1) is 0 Å². The van der Waals surface area contributed by atoms with E-state index in [-0.39, 0.29) is 5.56 Å². The van der Waals surface area contributed by atoms with Crippen LogP contribution in [0.3, 0.4) is 0 Å². The average Bonchev–Trinajstić information content (AvgIpc) is 3.11. The summed E-state index contributed by atoms with van der Waals surface area (Å²) in [5.74, 6) is -0.421. The number of carbonyl (C=O) groups excluding carboxylic acids is 1. The van der Waals surface area contributed by atoms with E-state index >= 15 is 0 Å². The lowest BCUT2D eigenvalue weighted by Gasteiger charge is -2.06. The van der Waals surface area contributed by atoms with Crippen LogP contribution < -0.4 is 10.9 Å². The van der Waals surface area contributed by atoms with Crippen LogP contribution in [0.1, 0.15) is 21.5 Å². The van der Waals surface area contributed by atoms with Crippen molar-refractivity contribution >= 4 is 16.8 Å². The first kappa shape index (κ1) is 17.7. The molecule has 3 aromatic heterocycles. The van der Waals surface area contributed by atoms with Gasteiger partial charge in [0, 0.05) is 41.6 Å². The van der Waals surface area contributed by atoms with E-state index in [9.17, 15) is 9.59 Å². The van der Waals surface area contributed by atoms with Gasteiger partial charge in [0.1, 0.15) is 5.56 Å². The number of aryl methyl sites for hydroxylation is 1. The lowest BCUT2D eigenvalue weighted by molar-refractivity contribution is 0.0952. The van der Waals surface area contributed by atoms with E-state index in [0.29, 0.717) is 18.7 Å². The molecule has 0 unspecified atom stereocenters. The van der Waals surface area contributed by atoms with Crippen molar-refractivity contribution in [2.24, 2.45) is 0 Å². The Morgan fingerprint density at radius 3 is 2.79 bits per heavy atom. The highest BCUT2D eigenvalue weighted by molar-refractivity contribution is 5.94. The van der Waals surface area contributed by atoms with Gasteiger partial charge in [-0.3, -0.25) is 14.6 Å². The van der Waals surface area contributed by atoms with Gasteiger partial charge in [-0.1, -0.05) is 11.6 Å². The molecular formula is C21H19N5O2. The molecule has 0 aliphatic heterocycles. The maximum absolute atomic E-state index is 12.5. The SMILES string of the molecule is Cc1ccc2[nH]cc(CCNC(=O)c3cc(-c4ccncc4)n[nH]c3=O)c2c1. The normalized spacial score (nSPS) is 10.9. The number of aromatic nitrogens is 4. The summed E-state index contributed by atoms with van der Waals surface area (Å²) in [6.45, 7) is 2.47. The predicted molar refractivity (Wildman–Crippen MR) is 107 cm³/mol. The van der Waals surface area contributed by atoms with Crippen LogP contribution in [-0.2, 0) is 6.42 Å². The molecule has 0 aliphatic rings. The van der Waals surface area contributed by atoms with Crippen molar-refractivity contribution in [3.8, 4) is 11.3 Å². The van der Waals surface area contributed by atoms with Crippen molar-refractivity contribution < 1.29 is 4.79 Å². The van der Waals surface area contributed by atoms with Gasteiger partial charge in [0.15, 0.2) is 0 Å². The lowest BCUT2D eigenvalue weighted by atomic mass is 10.1. The fraction of sp³-hybridized carbons (Fsp3) is 0.143. The average molecular weight is 373 g/mol. The van der Waals surface area contributed by atoms with Crippen LogP contribution in [0, 0.1) is 6.92 Å². The molecule has 28 heavy (non-hydrogen) atoms. The topological polar surface area (TPSA) is 104 Å². The second-order valence-corrected chi connectivity index (χ2v) is 6.60. The smallest absolute Gasteiger partial charge is 0.277 e. The van der Waals surface area contributed by atoms with E-state index in [1.54, 1.807) is 24.5 Å². The zero-order chi connectivity index (χ0) is 19.5. The third-order valence-corrected chi connectivity index (χ3v) is 4.63. The number of pyridine rings is 1. The molecule has 0 spiro atoms. The standard InChI is InChI=1S/C21H19N5O2/c1-13-2-3-18-16(10-13)15(12-24-18)6-9-23-20(27)17-11-19(25-26-21(17)28)14-4-7-22-8-5-14/h2-5,7-8,10-12,24H,6,9H2,1H3,(H,23,27)(H,26,28). The third-order valence-electron chi connectivity index (χ3n) is 4.63. The minimum atomic E-state index is -0.516.